The van der Waals surface area contributed by atoms with Crippen LogP contribution in [0.15, 0.2) is 53.7 Å². The van der Waals surface area contributed by atoms with Gasteiger partial charge in [0.1, 0.15) is 0 Å². The van der Waals surface area contributed by atoms with Crippen molar-refractivity contribution in [2.75, 3.05) is 11.2 Å². The molecule has 6 nitrogen and oxygen atoms in total. The van der Waals surface area contributed by atoms with Gasteiger partial charge in [-0.05, 0) is 36.6 Å². The molecule has 0 aliphatic carbocycles. The Kier molecular flexibility index (Phi) is 6.26. The van der Waals surface area contributed by atoms with E-state index in [0.29, 0.717) is 21.9 Å². The molecule has 2 aromatic carbocycles. The maximum absolute atomic E-state index is 12.7. The van der Waals surface area contributed by atoms with Crippen LogP contribution >= 0.6 is 23.4 Å². The molecule has 0 radical (unpaired) electrons. The first kappa shape index (κ1) is 20.2. The highest BCUT2D eigenvalue weighted by molar-refractivity contribution is 8.00. The lowest BCUT2D eigenvalue weighted by atomic mass is 10.0. The van der Waals surface area contributed by atoms with Crippen LogP contribution in [0.4, 0.5) is 5.69 Å². The maximum Gasteiger partial charge on any atom is 0.237 e. The fourth-order valence-corrected chi connectivity index (χ4v) is 3.70. The molecule has 146 valence electrons. The van der Waals surface area contributed by atoms with Gasteiger partial charge in [0.2, 0.25) is 11.1 Å². The van der Waals surface area contributed by atoms with E-state index in [9.17, 15) is 4.79 Å². The van der Waals surface area contributed by atoms with E-state index in [2.05, 4.69) is 29.4 Å². The molecule has 0 spiro atoms. The van der Waals surface area contributed by atoms with Crippen molar-refractivity contribution in [2.45, 2.75) is 37.1 Å². The van der Waals surface area contributed by atoms with Crippen LogP contribution in [0.5, 0.6) is 0 Å². The number of benzene rings is 2. The van der Waals surface area contributed by atoms with Gasteiger partial charge in [-0.3, -0.25) is 4.79 Å². The zero-order valence-electron chi connectivity index (χ0n) is 15.9. The van der Waals surface area contributed by atoms with Gasteiger partial charge in [-0.2, -0.15) is 0 Å². The van der Waals surface area contributed by atoms with Gasteiger partial charge in [0.15, 0.2) is 5.82 Å². The van der Waals surface area contributed by atoms with E-state index in [4.69, 9.17) is 17.4 Å². The largest absolute Gasteiger partial charge is 0.335 e. The van der Waals surface area contributed by atoms with Gasteiger partial charge in [-0.15, -0.1) is 10.2 Å². The number of aromatic nitrogens is 3. The van der Waals surface area contributed by atoms with Crippen LogP contribution in [-0.4, -0.2) is 26.0 Å². The topological polar surface area (TPSA) is 85.8 Å². The number of rotatable bonds is 6. The number of carbonyl (C=O) groups is 1. The number of halogens is 1. The summed E-state index contributed by atoms with van der Waals surface area (Å²) in [5, 5.41) is 11.9. The van der Waals surface area contributed by atoms with Crippen molar-refractivity contribution in [3.8, 4) is 11.4 Å². The normalized spacial score (nSPS) is 12.2. The van der Waals surface area contributed by atoms with Gasteiger partial charge in [0, 0.05) is 16.3 Å². The number of anilines is 1. The van der Waals surface area contributed by atoms with Crippen LogP contribution in [0.2, 0.25) is 5.02 Å². The number of nitrogens with one attached hydrogen (secondary N) is 1. The van der Waals surface area contributed by atoms with Gasteiger partial charge in [0.25, 0.3) is 0 Å². The zero-order valence-corrected chi connectivity index (χ0v) is 17.5. The third-order valence-corrected chi connectivity index (χ3v) is 5.53. The molecular weight excluding hydrogens is 394 g/mol. The summed E-state index contributed by atoms with van der Waals surface area (Å²) in [6.45, 7) is 6.00. The van der Waals surface area contributed by atoms with Crippen LogP contribution < -0.4 is 11.2 Å². The van der Waals surface area contributed by atoms with Crippen molar-refractivity contribution in [1.82, 2.24) is 14.9 Å². The van der Waals surface area contributed by atoms with Crippen molar-refractivity contribution in [3.63, 3.8) is 0 Å². The highest BCUT2D eigenvalue weighted by Crippen LogP contribution is 2.28. The van der Waals surface area contributed by atoms with E-state index in [1.54, 1.807) is 12.1 Å². The van der Waals surface area contributed by atoms with Gasteiger partial charge < -0.3 is 11.2 Å². The fourth-order valence-electron chi connectivity index (χ4n) is 2.74. The quantitative estimate of drug-likeness (QED) is 0.455. The Bertz CT molecular complexity index is 988. The van der Waals surface area contributed by atoms with Crippen LogP contribution in [0.1, 0.15) is 32.3 Å². The molecule has 0 saturated carbocycles. The zero-order chi connectivity index (χ0) is 20.3. The van der Waals surface area contributed by atoms with Crippen molar-refractivity contribution in [3.05, 3.63) is 59.1 Å². The summed E-state index contributed by atoms with van der Waals surface area (Å²) in [5.41, 5.74) is 2.68. The number of nitrogen functional groups attached to an aromatic ring is 1. The Labute approximate surface area is 173 Å². The fraction of sp³-hybridized carbons (Fsp3) is 0.250. The molecule has 0 fully saturated rings. The predicted molar refractivity (Wildman–Crippen MR) is 115 cm³/mol. The second-order valence-electron chi connectivity index (χ2n) is 6.68. The molecule has 3 N–H and O–H groups in total. The summed E-state index contributed by atoms with van der Waals surface area (Å²) >= 11 is 7.29. The smallest absolute Gasteiger partial charge is 0.237 e. The summed E-state index contributed by atoms with van der Waals surface area (Å²) in [7, 11) is 0. The number of thioether (sulfide) groups is 1. The Morgan fingerprint density at radius 1 is 1.14 bits per heavy atom. The molecule has 1 atom stereocenters. The molecule has 1 amide bonds. The van der Waals surface area contributed by atoms with Gasteiger partial charge in [-0.25, -0.2) is 4.68 Å². The van der Waals surface area contributed by atoms with Crippen LogP contribution in [0, 0.1) is 0 Å². The third-order valence-electron chi connectivity index (χ3n) is 4.24. The number of amides is 1. The molecule has 3 rings (SSSR count). The average Bonchev–Trinajstić information content (AvgIpc) is 3.02. The van der Waals surface area contributed by atoms with E-state index < -0.39 is 5.25 Å². The molecule has 0 bridgehead atoms. The molecule has 0 aliphatic rings. The minimum Gasteiger partial charge on any atom is -0.335 e. The highest BCUT2D eigenvalue weighted by atomic mass is 35.5. The Morgan fingerprint density at radius 3 is 2.61 bits per heavy atom. The first-order valence-corrected chi connectivity index (χ1v) is 10.2. The highest BCUT2D eigenvalue weighted by Gasteiger charge is 2.21. The standard InChI is InChI=1S/C20H22ClN5OS/c1-12(2)16-9-4-5-10-17(16)23-19(27)13(3)28-20-25-24-18(26(20)22)14-7-6-8-15(21)11-14/h4-13H,22H2,1-3H3,(H,23,27)/t13-/m0/s1. The number of hydrogen-bond acceptors (Lipinski definition) is 5. The number of nitrogens with two attached hydrogens (primary N) is 1. The van der Waals surface area contributed by atoms with Crippen molar-refractivity contribution in [2.24, 2.45) is 0 Å². The second-order valence-corrected chi connectivity index (χ2v) is 8.42. The van der Waals surface area contributed by atoms with Crippen LogP contribution in [0.25, 0.3) is 11.4 Å². The van der Waals surface area contributed by atoms with E-state index in [1.165, 1.54) is 16.4 Å². The van der Waals surface area contributed by atoms with Crippen molar-refractivity contribution >= 4 is 35.0 Å². The first-order valence-electron chi connectivity index (χ1n) is 8.89. The molecular formula is C20H22ClN5OS. The van der Waals surface area contributed by atoms with Gasteiger partial charge in [0.05, 0.1) is 5.25 Å². The Balaban J connectivity index is 1.73. The lowest BCUT2D eigenvalue weighted by Crippen LogP contribution is -2.24. The van der Waals surface area contributed by atoms with Crippen LogP contribution in [-0.2, 0) is 4.79 Å². The van der Waals surface area contributed by atoms with E-state index >= 15 is 0 Å². The van der Waals surface area contributed by atoms with E-state index in [-0.39, 0.29) is 5.91 Å². The first-order chi connectivity index (χ1) is 13.4. The van der Waals surface area contributed by atoms with Gasteiger partial charge >= 0.3 is 0 Å². The third kappa shape index (κ3) is 4.48. The number of para-hydroxylation sites is 1. The minimum atomic E-state index is -0.404. The van der Waals surface area contributed by atoms with Crippen molar-refractivity contribution in [1.29, 1.82) is 0 Å². The monoisotopic (exact) mass is 415 g/mol. The van der Waals surface area contributed by atoms with Crippen molar-refractivity contribution < 1.29 is 4.79 Å². The molecule has 0 saturated heterocycles. The molecule has 28 heavy (non-hydrogen) atoms. The molecule has 1 aromatic heterocycles. The summed E-state index contributed by atoms with van der Waals surface area (Å²) in [6, 6.07) is 15.0. The Hall–Kier alpha value is -2.51. The molecule has 3 aromatic rings. The molecule has 0 unspecified atom stereocenters. The molecule has 0 aliphatic heterocycles. The minimum absolute atomic E-state index is 0.120. The lowest BCUT2D eigenvalue weighted by molar-refractivity contribution is -0.115. The van der Waals surface area contributed by atoms with Crippen LogP contribution in [0.3, 0.4) is 0 Å². The summed E-state index contributed by atoms with van der Waals surface area (Å²) in [6.07, 6.45) is 0. The number of carbonyl (C=O) groups excluding carboxylic acids is 1. The SMILES string of the molecule is CC(C)c1ccccc1NC(=O)[C@H](C)Sc1nnc(-c2cccc(Cl)c2)n1N. The lowest BCUT2D eigenvalue weighted by Gasteiger charge is -2.16. The average molecular weight is 416 g/mol. The van der Waals surface area contributed by atoms with E-state index in [1.807, 2.05) is 43.3 Å². The number of hydrogen-bond donors (Lipinski definition) is 2. The van der Waals surface area contributed by atoms with Gasteiger partial charge in [-0.1, -0.05) is 67.5 Å². The summed E-state index contributed by atoms with van der Waals surface area (Å²) in [5.74, 6) is 6.83. The summed E-state index contributed by atoms with van der Waals surface area (Å²) < 4.78 is 1.38. The maximum atomic E-state index is 12.7. The molecule has 1 heterocycles. The van der Waals surface area contributed by atoms with E-state index in [0.717, 1.165) is 16.8 Å². The summed E-state index contributed by atoms with van der Waals surface area (Å²) in [4.78, 5) is 12.7. The predicted octanol–water partition coefficient (Wildman–Crippen LogP) is 4.56. The number of nitrogens with zero attached hydrogens (tertiary/aromatic N) is 3. The molecule has 8 heteroatoms. The second kappa shape index (κ2) is 8.67. The Morgan fingerprint density at radius 2 is 1.89 bits per heavy atom.